The number of halogens is 1. The van der Waals surface area contributed by atoms with Crippen LogP contribution in [0.1, 0.15) is 16.7 Å². The smallest absolute Gasteiger partial charge is 0.269 e. The van der Waals surface area contributed by atoms with Gasteiger partial charge in [0.2, 0.25) is 15.7 Å². The van der Waals surface area contributed by atoms with Gasteiger partial charge in [-0.3, -0.25) is 9.20 Å². The fourth-order valence-corrected chi connectivity index (χ4v) is 4.39. The maximum atomic E-state index is 13.3. The predicted molar refractivity (Wildman–Crippen MR) is 125 cm³/mol. The van der Waals surface area contributed by atoms with Gasteiger partial charge in [0.25, 0.3) is 5.56 Å². The summed E-state index contributed by atoms with van der Waals surface area (Å²) in [4.78, 5) is 17.0. The average molecular weight is 476 g/mol. The molecule has 0 unspecified atom stereocenters. The average Bonchev–Trinajstić information content (AvgIpc) is 2.81. The van der Waals surface area contributed by atoms with Crippen LogP contribution in [0.4, 0.5) is 4.39 Å². The normalized spacial score (nSPS) is 11.9. The van der Waals surface area contributed by atoms with Crippen LogP contribution >= 0.6 is 0 Å². The number of rotatable bonds is 5. The molecule has 2 aromatic carbocycles. The molecule has 0 aliphatic rings. The summed E-state index contributed by atoms with van der Waals surface area (Å²) >= 11 is 0. The van der Waals surface area contributed by atoms with E-state index in [-0.39, 0.29) is 22.1 Å². The van der Waals surface area contributed by atoms with Gasteiger partial charge in [0.15, 0.2) is 0 Å². The molecule has 0 fully saturated rings. The maximum Gasteiger partial charge on any atom is 0.269 e. The number of benzene rings is 2. The molecule has 170 valence electrons. The molecular weight excluding hydrogens is 457 g/mol. The third-order valence-electron chi connectivity index (χ3n) is 5.08. The standard InChI is InChI=1S/C25H18FN3O4S/c1-16-5-11-20(12-6-16)34(31,32)21(15-27)14-22-24(33-19-9-7-18(26)8-10-19)28-23-17(2)4-3-13-29(23)25(22)30/h3-14H,1-2H3/b21-14+. The quantitative estimate of drug-likeness (QED) is 0.392. The highest BCUT2D eigenvalue weighted by molar-refractivity contribution is 7.95. The van der Waals surface area contributed by atoms with Crippen LogP contribution in [0.15, 0.2) is 81.5 Å². The summed E-state index contributed by atoms with van der Waals surface area (Å²) in [6, 6.07) is 16.1. The summed E-state index contributed by atoms with van der Waals surface area (Å²) in [5, 5.41) is 9.69. The van der Waals surface area contributed by atoms with E-state index in [1.54, 1.807) is 44.2 Å². The number of allylic oxidation sites excluding steroid dienone is 1. The van der Waals surface area contributed by atoms with Crippen molar-refractivity contribution >= 4 is 21.6 Å². The Labute approximate surface area is 194 Å². The predicted octanol–water partition coefficient (Wildman–Crippen LogP) is 4.58. The zero-order valence-corrected chi connectivity index (χ0v) is 19.0. The number of fused-ring (bicyclic) bond motifs is 1. The number of aryl methyl sites for hydroxylation is 2. The van der Waals surface area contributed by atoms with Gasteiger partial charge in [-0.1, -0.05) is 23.8 Å². The van der Waals surface area contributed by atoms with Crippen molar-refractivity contribution in [2.24, 2.45) is 0 Å². The van der Waals surface area contributed by atoms with Crippen molar-refractivity contribution in [2.45, 2.75) is 18.7 Å². The first-order chi connectivity index (χ1) is 16.2. The summed E-state index contributed by atoms with van der Waals surface area (Å²) in [6.45, 7) is 3.56. The molecule has 0 radical (unpaired) electrons. The third kappa shape index (κ3) is 4.31. The first-order valence-corrected chi connectivity index (χ1v) is 11.6. The number of nitriles is 1. The SMILES string of the molecule is Cc1ccc(S(=O)(=O)/C(C#N)=C/c2c(Oc3ccc(F)cc3)nc3c(C)cccn3c2=O)cc1. The Kier molecular flexibility index (Phi) is 6.01. The van der Waals surface area contributed by atoms with Crippen molar-refractivity contribution in [3.63, 3.8) is 0 Å². The van der Waals surface area contributed by atoms with Gasteiger partial charge in [0.1, 0.15) is 33.8 Å². The van der Waals surface area contributed by atoms with Crippen molar-refractivity contribution < 1.29 is 17.5 Å². The largest absolute Gasteiger partial charge is 0.438 e. The lowest BCUT2D eigenvalue weighted by atomic mass is 10.2. The van der Waals surface area contributed by atoms with E-state index in [4.69, 9.17) is 4.74 Å². The molecule has 0 atom stereocenters. The highest BCUT2D eigenvalue weighted by Gasteiger charge is 2.24. The molecule has 0 amide bonds. The highest BCUT2D eigenvalue weighted by Crippen LogP contribution is 2.27. The van der Waals surface area contributed by atoms with Crippen LogP contribution in [-0.2, 0) is 9.84 Å². The molecule has 0 saturated heterocycles. The van der Waals surface area contributed by atoms with E-state index in [0.717, 1.165) is 11.6 Å². The van der Waals surface area contributed by atoms with Crippen molar-refractivity contribution in [1.29, 1.82) is 5.26 Å². The van der Waals surface area contributed by atoms with Gasteiger partial charge >= 0.3 is 0 Å². The lowest BCUT2D eigenvalue weighted by Crippen LogP contribution is -2.20. The second kappa shape index (κ2) is 8.92. The van der Waals surface area contributed by atoms with Gasteiger partial charge in [-0.05, 0) is 68.0 Å². The lowest BCUT2D eigenvalue weighted by molar-refractivity contribution is 0.459. The molecule has 0 aliphatic carbocycles. The van der Waals surface area contributed by atoms with E-state index in [2.05, 4.69) is 4.98 Å². The van der Waals surface area contributed by atoms with Crippen LogP contribution < -0.4 is 10.3 Å². The highest BCUT2D eigenvalue weighted by atomic mass is 32.2. The van der Waals surface area contributed by atoms with E-state index < -0.39 is 26.1 Å². The number of nitrogens with zero attached hydrogens (tertiary/aromatic N) is 3. The van der Waals surface area contributed by atoms with E-state index in [1.165, 1.54) is 47.0 Å². The number of sulfone groups is 1. The van der Waals surface area contributed by atoms with E-state index in [0.29, 0.717) is 11.2 Å². The number of hydrogen-bond donors (Lipinski definition) is 0. The molecule has 0 spiro atoms. The van der Waals surface area contributed by atoms with Gasteiger partial charge in [-0.25, -0.2) is 12.8 Å². The molecule has 2 aromatic heterocycles. The van der Waals surface area contributed by atoms with Crippen molar-refractivity contribution in [3.05, 3.63) is 105 Å². The van der Waals surface area contributed by atoms with Crippen molar-refractivity contribution in [2.75, 3.05) is 0 Å². The Morgan fingerprint density at radius 3 is 2.41 bits per heavy atom. The molecule has 0 N–H and O–H groups in total. The van der Waals surface area contributed by atoms with E-state index >= 15 is 0 Å². The Balaban J connectivity index is 1.95. The van der Waals surface area contributed by atoms with Crippen LogP contribution in [0, 0.1) is 31.0 Å². The van der Waals surface area contributed by atoms with Crippen LogP contribution in [0.2, 0.25) is 0 Å². The lowest BCUT2D eigenvalue weighted by Gasteiger charge is -2.11. The summed E-state index contributed by atoms with van der Waals surface area (Å²) in [7, 11) is -4.22. The molecule has 0 bridgehead atoms. The minimum Gasteiger partial charge on any atom is -0.438 e. The number of ether oxygens (including phenoxy) is 1. The molecule has 0 aliphatic heterocycles. The van der Waals surface area contributed by atoms with Crippen molar-refractivity contribution in [3.8, 4) is 17.7 Å². The second-order valence-corrected chi connectivity index (χ2v) is 9.43. The van der Waals surface area contributed by atoms with Gasteiger partial charge in [-0.15, -0.1) is 0 Å². The Morgan fingerprint density at radius 1 is 1.09 bits per heavy atom. The van der Waals surface area contributed by atoms with Crippen LogP contribution in [0.25, 0.3) is 11.7 Å². The zero-order chi connectivity index (χ0) is 24.5. The topological polar surface area (TPSA) is 102 Å². The first kappa shape index (κ1) is 22.9. The van der Waals surface area contributed by atoms with Gasteiger partial charge in [0, 0.05) is 6.20 Å². The van der Waals surface area contributed by atoms with Gasteiger partial charge < -0.3 is 4.74 Å². The second-order valence-electron chi connectivity index (χ2n) is 7.51. The van der Waals surface area contributed by atoms with E-state index in [9.17, 15) is 22.9 Å². The minimum absolute atomic E-state index is 0.0865. The first-order valence-electron chi connectivity index (χ1n) is 10.1. The third-order valence-corrected chi connectivity index (χ3v) is 6.76. The van der Waals surface area contributed by atoms with Crippen LogP contribution in [-0.4, -0.2) is 17.8 Å². The summed E-state index contributed by atoms with van der Waals surface area (Å²) in [6.07, 6.45) is 2.44. The molecule has 34 heavy (non-hydrogen) atoms. The molecular formula is C25H18FN3O4S. The Morgan fingerprint density at radius 2 is 1.76 bits per heavy atom. The Bertz CT molecular complexity index is 1630. The Hall–Kier alpha value is -4.29. The summed E-state index contributed by atoms with van der Waals surface area (Å²) in [5.74, 6) is -0.510. The van der Waals surface area contributed by atoms with Gasteiger partial charge in [-0.2, -0.15) is 10.2 Å². The number of hydrogen-bond acceptors (Lipinski definition) is 6. The molecule has 7 nitrogen and oxygen atoms in total. The number of pyridine rings is 1. The number of aromatic nitrogens is 2. The molecule has 2 heterocycles. The summed E-state index contributed by atoms with van der Waals surface area (Å²) in [5.41, 5.74) is 0.953. The van der Waals surface area contributed by atoms with Crippen molar-refractivity contribution in [1.82, 2.24) is 9.38 Å². The fraction of sp³-hybridized carbons (Fsp3) is 0.0800. The summed E-state index contributed by atoms with van der Waals surface area (Å²) < 4.78 is 46.5. The monoisotopic (exact) mass is 475 g/mol. The maximum absolute atomic E-state index is 13.3. The van der Waals surface area contributed by atoms with Gasteiger partial charge in [0.05, 0.1) is 4.90 Å². The van der Waals surface area contributed by atoms with E-state index in [1.807, 2.05) is 0 Å². The van der Waals surface area contributed by atoms with Crippen LogP contribution in [0.5, 0.6) is 11.6 Å². The molecule has 4 rings (SSSR count). The molecule has 0 saturated carbocycles. The minimum atomic E-state index is -4.22. The zero-order valence-electron chi connectivity index (χ0n) is 18.2. The fourth-order valence-electron chi connectivity index (χ4n) is 3.25. The van der Waals surface area contributed by atoms with Crippen LogP contribution in [0.3, 0.4) is 0 Å². The molecule has 9 heteroatoms. The molecule has 4 aromatic rings.